The maximum atomic E-state index is 5.58. The molecule has 2 aromatic heterocycles. The number of aromatic amines is 1. The molecule has 6 nitrogen and oxygen atoms in total. The summed E-state index contributed by atoms with van der Waals surface area (Å²) in [6, 6.07) is 6.24. The van der Waals surface area contributed by atoms with Gasteiger partial charge in [-0.15, -0.1) is 0 Å². The molecular formula is C18H20N4O2. The van der Waals surface area contributed by atoms with Crippen LogP contribution in [0, 0.1) is 0 Å². The van der Waals surface area contributed by atoms with Crippen molar-refractivity contribution in [3.05, 3.63) is 48.0 Å². The minimum Gasteiger partial charge on any atom is -0.493 e. The number of nitrogens with zero attached hydrogens (tertiary/aromatic N) is 3. The molecule has 2 heterocycles. The third kappa shape index (κ3) is 2.35. The molecule has 1 aliphatic rings. The number of hydrogen-bond acceptors (Lipinski definition) is 4. The van der Waals surface area contributed by atoms with E-state index in [0.717, 1.165) is 30.7 Å². The van der Waals surface area contributed by atoms with Crippen LogP contribution in [0.5, 0.6) is 11.5 Å². The summed E-state index contributed by atoms with van der Waals surface area (Å²) in [6.45, 7) is 0. The Morgan fingerprint density at radius 2 is 2.17 bits per heavy atom. The molecule has 1 aromatic carbocycles. The van der Waals surface area contributed by atoms with E-state index in [0.29, 0.717) is 17.5 Å². The quantitative estimate of drug-likeness (QED) is 0.801. The SMILES string of the molecule is COc1cccc(-c2nccn2[C@H]2CCc3[nH]ncc3C2)c1OC. The van der Waals surface area contributed by atoms with Gasteiger partial charge in [-0.3, -0.25) is 5.10 Å². The maximum Gasteiger partial charge on any atom is 0.171 e. The lowest BCUT2D eigenvalue weighted by Gasteiger charge is -2.25. The second-order valence-corrected chi connectivity index (χ2v) is 5.97. The summed E-state index contributed by atoms with van der Waals surface area (Å²) in [6.07, 6.45) is 8.85. The molecule has 1 N–H and O–H groups in total. The number of aryl methyl sites for hydroxylation is 1. The third-order valence-electron chi connectivity index (χ3n) is 4.70. The number of para-hydroxylation sites is 1. The van der Waals surface area contributed by atoms with Crippen molar-refractivity contribution in [2.75, 3.05) is 14.2 Å². The standard InChI is InChI=1S/C18H20N4O2/c1-23-16-5-3-4-14(17(16)24-2)18-19-8-9-22(18)13-6-7-15-12(10-13)11-20-21-15/h3-5,8-9,11,13H,6-7,10H2,1-2H3,(H,20,21)/t13-/m0/s1. The summed E-state index contributed by atoms with van der Waals surface area (Å²) < 4.78 is 13.2. The van der Waals surface area contributed by atoms with Gasteiger partial charge in [0, 0.05) is 24.1 Å². The average molecular weight is 324 g/mol. The zero-order chi connectivity index (χ0) is 16.5. The summed E-state index contributed by atoms with van der Waals surface area (Å²) >= 11 is 0. The maximum absolute atomic E-state index is 5.58. The van der Waals surface area contributed by atoms with E-state index >= 15 is 0 Å². The molecule has 4 rings (SSSR count). The molecule has 1 atom stereocenters. The Labute approximate surface area is 140 Å². The number of methoxy groups -OCH3 is 2. The second-order valence-electron chi connectivity index (χ2n) is 5.97. The normalized spacial score (nSPS) is 16.7. The van der Waals surface area contributed by atoms with E-state index in [4.69, 9.17) is 9.47 Å². The molecule has 24 heavy (non-hydrogen) atoms. The van der Waals surface area contributed by atoms with E-state index in [1.54, 1.807) is 14.2 Å². The molecule has 0 spiro atoms. The summed E-state index contributed by atoms with van der Waals surface area (Å²) in [5, 5.41) is 7.26. The van der Waals surface area contributed by atoms with Gasteiger partial charge in [0.05, 0.1) is 26.0 Å². The number of fused-ring (bicyclic) bond motifs is 1. The second kappa shape index (κ2) is 6.03. The number of nitrogens with one attached hydrogen (secondary N) is 1. The van der Waals surface area contributed by atoms with Crippen LogP contribution in [0.2, 0.25) is 0 Å². The van der Waals surface area contributed by atoms with E-state index < -0.39 is 0 Å². The van der Waals surface area contributed by atoms with Crippen LogP contribution < -0.4 is 9.47 Å². The topological polar surface area (TPSA) is 65.0 Å². The summed E-state index contributed by atoms with van der Waals surface area (Å²) in [7, 11) is 3.31. The van der Waals surface area contributed by atoms with Gasteiger partial charge in [0.15, 0.2) is 11.5 Å². The fourth-order valence-electron chi connectivity index (χ4n) is 3.51. The highest BCUT2D eigenvalue weighted by Crippen LogP contribution is 2.39. The first-order chi connectivity index (χ1) is 11.8. The van der Waals surface area contributed by atoms with E-state index in [1.807, 2.05) is 36.8 Å². The average Bonchev–Trinajstić information content (AvgIpc) is 3.29. The third-order valence-corrected chi connectivity index (χ3v) is 4.70. The van der Waals surface area contributed by atoms with Crippen molar-refractivity contribution in [3.63, 3.8) is 0 Å². The summed E-state index contributed by atoms with van der Waals surface area (Å²) in [5.41, 5.74) is 3.50. The van der Waals surface area contributed by atoms with Crippen molar-refractivity contribution in [2.45, 2.75) is 25.3 Å². The van der Waals surface area contributed by atoms with Gasteiger partial charge in [-0.2, -0.15) is 5.10 Å². The van der Waals surface area contributed by atoms with Gasteiger partial charge in [-0.1, -0.05) is 6.07 Å². The predicted molar refractivity (Wildman–Crippen MR) is 90.4 cm³/mol. The molecule has 0 radical (unpaired) electrons. The highest BCUT2D eigenvalue weighted by atomic mass is 16.5. The van der Waals surface area contributed by atoms with Crippen LogP contribution in [0.15, 0.2) is 36.8 Å². The monoisotopic (exact) mass is 324 g/mol. The van der Waals surface area contributed by atoms with Crippen molar-refractivity contribution >= 4 is 0 Å². The van der Waals surface area contributed by atoms with Crippen molar-refractivity contribution < 1.29 is 9.47 Å². The van der Waals surface area contributed by atoms with Crippen LogP contribution in [0.4, 0.5) is 0 Å². The van der Waals surface area contributed by atoms with E-state index in [-0.39, 0.29) is 0 Å². The highest BCUT2D eigenvalue weighted by Gasteiger charge is 2.25. The number of ether oxygens (including phenoxy) is 2. The van der Waals surface area contributed by atoms with Crippen molar-refractivity contribution in [3.8, 4) is 22.9 Å². The fraction of sp³-hybridized carbons (Fsp3) is 0.333. The largest absolute Gasteiger partial charge is 0.493 e. The van der Waals surface area contributed by atoms with Gasteiger partial charge in [0.2, 0.25) is 0 Å². The number of benzene rings is 1. The number of aromatic nitrogens is 4. The minimum absolute atomic E-state index is 0.364. The van der Waals surface area contributed by atoms with Gasteiger partial charge < -0.3 is 14.0 Å². The predicted octanol–water partition coefficient (Wildman–Crippen LogP) is 3.02. The fourth-order valence-corrected chi connectivity index (χ4v) is 3.51. The zero-order valence-corrected chi connectivity index (χ0v) is 13.8. The van der Waals surface area contributed by atoms with Crippen molar-refractivity contribution in [1.29, 1.82) is 0 Å². The van der Waals surface area contributed by atoms with Crippen LogP contribution in [0.3, 0.4) is 0 Å². The van der Waals surface area contributed by atoms with Crippen LogP contribution in [-0.4, -0.2) is 34.0 Å². The molecule has 0 bridgehead atoms. The minimum atomic E-state index is 0.364. The van der Waals surface area contributed by atoms with Gasteiger partial charge in [0.1, 0.15) is 5.82 Å². The lowest BCUT2D eigenvalue weighted by Crippen LogP contribution is -2.18. The molecule has 1 aliphatic carbocycles. The van der Waals surface area contributed by atoms with E-state index in [9.17, 15) is 0 Å². The van der Waals surface area contributed by atoms with Crippen LogP contribution in [0.1, 0.15) is 23.7 Å². The van der Waals surface area contributed by atoms with Crippen LogP contribution in [-0.2, 0) is 12.8 Å². The number of rotatable bonds is 4. The summed E-state index contributed by atoms with van der Waals surface area (Å²) in [4.78, 5) is 4.59. The first-order valence-electron chi connectivity index (χ1n) is 8.07. The van der Waals surface area contributed by atoms with E-state index in [1.165, 1.54) is 11.3 Å². The molecular weight excluding hydrogens is 304 g/mol. The van der Waals surface area contributed by atoms with Crippen LogP contribution in [0.25, 0.3) is 11.4 Å². The molecule has 124 valence electrons. The van der Waals surface area contributed by atoms with Gasteiger partial charge in [-0.05, 0) is 37.0 Å². The first-order valence-corrected chi connectivity index (χ1v) is 8.07. The number of hydrogen-bond donors (Lipinski definition) is 1. The molecule has 6 heteroatoms. The molecule has 0 saturated heterocycles. The molecule has 0 amide bonds. The smallest absolute Gasteiger partial charge is 0.171 e. The van der Waals surface area contributed by atoms with Gasteiger partial charge >= 0.3 is 0 Å². The highest BCUT2D eigenvalue weighted by molar-refractivity contribution is 5.69. The Morgan fingerprint density at radius 1 is 1.25 bits per heavy atom. The molecule has 0 fully saturated rings. The Morgan fingerprint density at radius 3 is 3.00 bits per heavy atom. The summed E-state index contributed by atoms with van der Waals surface area (Å²) in [5.74, 6) is 2.33. The first kappa shape index (κ1) is 14.8. The van der Waals surface area contributed by atoms with Crippen molar-refractivity contribution in [2.24, 2.45) is 0 Å². The molecule has 0 saturated carbocycles. The Bertz CT molecular complexity index is 852. The molecule has 3 aromatic rings. The van der Waals surface area contributed by atoms with Gasteiger partial charge in [-0.25, -0.2) is 4.98 Å². The van der Waals surface area contributed by atoms with Gasteiger partial charge in [0.25, 0.3) is 0 Å². The molecule has 0 unspecified atom stereocenters. The zero-order valence-electron chi connectivity index (χ0n) is 13.8. The Kier molecular flexibility index (Phi) is 3.72. The number of imidazole rings is 1. The van der Waals surface area contributed by atoms with Crippen molar-refractivity contribution in [1.82, 2.24) is 19.7 Å². The Hall–Kier alpha value is -2.76. The van der Waals surface area contributed by atoms with Crippen LogP contribution >= 0.6 is 0 Å². The van der Waals surface area contributed by atoms with E-state index in [2.05, 4.69) is 19.7 Å². The lowest BCUT2D eigenvalue weighted by molar-refractivity contribution is 0.355. The number of H-pyrrole nitrogens is 1. The molecule has 0 aliphatic heterocycles. The lowest BCUT2D eigenvalue weighted by atomic mass is 9.93. The Balaban J connectivity index is 1.74.